The number of imidazole rings is 1. The lowest BCUT2D eigenvalue weighted by Crippen LogP contribution is -2.25. The summed E-state index contributed by atoms with van der Waals surface area (Å²) in [5.41, 5.74) is 2.04. The molecule has 4 nitrogen and oxygen atoms in total. The highest BCUT2D eigenvalue weighted by molar-refractivity contribution is 9.11. The molecule has 0 aliphatic heterocycles. The number of benzene rings is 1. The summed E-state index contributed by atoms with van der Waals surface area (Å²) in [6.07, 6.45) is 0.673. The van der Waals surface area contributed by atoms with Gasteiger partial charge in [0.25, 0.3) is 5.91 Å². The Bertz CT molecular complexity index is 839. The molecule has 118 valence electrons. The van der Waals surface area contributed by atoms with E-state index in [0.717, 1.165) is 26.2 Å². The van der Waals surface area contributed by atoms with Gasteiger partial charge in [-0.25, -0.2) is 4.98 Å². The Morgan fingerprint density at radius 3 is 2.87 bits per heavy atom. The molecule has 6 heteroatoms. The second-order valence-electron chi connectivity index (χ2n) is 5.10. The molecule has 23 heavy (non-hydrogen) atoms. The highest BCUT2D eigenvalue weighted by Gasteiger charge is 2.11. The quantitative estimate of drug-likeness (QED) is 0.692. The number of halogens is 1. The number of nitrogens with zero attached hydrogens (tertiary/aromatic N) is 2. The molecule has 0 radical (unpaired) electrons. The van der Waals surface area contributed by atoms with E-state index in [1.807, 2.05) is 41.8 Å². The number of aromatic nitrogens is 2. The molecule has 3 aromatic rings. The average Bonchev–Trinajstić information content (AvgIpc) is 3.16. The summed E-state index contributed by atoms with van der Waals surface area (Å²) in [5, 5.41) is 4.84. The molecule has 1 N–H and O–H groups in total. The fourth-order valence-electron chi connectivity index (χ4n) is 2.45. The molecule has 0 aliphatic carbocycles. The van der Waals surface area contributed by atoms with Gasteiger partial charge in [0.1, 0.15) is 5.82 Å². The summed E-state index contributed by atoms with van der Waals surface area (Å²) in [6.45, 7) is 5.13. The Kier molecular flexibility index (Phi) is 4.93. The summed E-state index contributed by atoms with van der Waals surface area (Å²) in [7, 11) is 0. The topological polar surface area (TPSA) is 46.9 Å². The molecule has 3 rings (SSSR count). The molecular weight excluding hydrogens is 374 g/mol. The SMILES string of the molecule is C=C(Br)Cn1c(CCNC(=O)c2cccs2)nc2ccccc21. The Hall–Kier alpha value is -1.92. The zero-order valence-electron chi connectivity index (χ0n) is 12.5. The molecule has 0 aliphatic rings. The average molecular weight is 390 g/mol. The zero-order valence-corrected chi connectivity index (χ0v) is 14.9. The summed E-state index contributed by atoms with van der Waals surface area (Å²) in [6, 6.07) is 11.7. The van der Waals surface area contributed by atoms with Crippen LogP contribution in [0.1, 0.15) is 15.5 Å². The van der Waals surface area contributed by atoms with Gasteiger partial charge in [-0.15, -0.1) is 11.3 Å². The lowest BCUT2D eigenvalue weighted by Gasteiger charge is -2.09. The normalized spacial score (nSPS) is 10.8. The minimum Gasteiger partial charge on any atom is -0.351 e. The molecule has 0 saturated carbocycles. The third kappa shape index (κ3) is 3.71. The maximum Gasteiger partial charge on any atom is 0.261 e. The molecule has 1 aromatic carbocycles. The summed E-state index contributed by atoms with van der Waals surface area (Å²) < 4.78 is 3.02. The van der Waals surface area contributed by atoms with E-state index in [9.17, 15) is 4.79 Å². The van der Waals surface area contributed by atoms with Gasteiger partial charge in [0, 0.05) is 17.4 Å². The van der Waals surface area contributed by atoms with Gasteiger partial charge in [-0.2, -0.15) is 0 Å². The van der Waals surface area contributed by atoms with Crippen LogP contribution in [-0.2, 0) is 13.0 Å². The van der Waals surface area contributed by atoms with Crippen molar-refractivity contribution in [2.45, 2.75) is 13.0 Å². The van der Waals surface area contributed by atoms with Gasteiger partial charge in [-0.1, -0.05) is 40.7 Å². The Morgan fingerprint density at radius 1 is 1.30 bits per heavy atom. The molecule has 1 amide bonds. The third-order valence-electron chi connectivity index (χ3n) is 3.44. The molecule has 0 fully saturated rings. The van der Waals surface area contributed by atoms with Crippen molar-refractivity contribution in [3.63, 3.8) is 0 Å². The molecule has 0 spiro atoms. The minimum atomic E-state index is -0.0347. The lowest BCUT2D eigenvalue weighted by molar-refractivity contribution is 0.0958. The van der Waals surface area contributed by atoms with Crippen LogP contribution in [0.15, 0.2) is 52.8 Å². The van der Waals surface area contributed by atoms with Gasteiger partial charge in [-0.05, 0) is 23.6 Å². The van der Waals surface area contributed by atoms with Crippen LogP contribution in [0.5, 0.6) is 0 Å². The number of hydrogen-bond acceptors (Lipinski definition) is 3. The van der Waals surface area contributed by atoms with E-state index in [1.54, 1.807) is 0 Å². The van der Waals surface area contributed by atoms with Crippen LogP contribution < -0.4 is 5.32 Å². The summed E-state index contributed by atoms with van der Waals surface area (Å²) >= 11 is 4.86. The van der Waals surface area contributed by atoms with Crippen LogP contribution in [0, 0.1) is 0 Å². The van der Waals surface area contributed by atoms with E-state index in [-0.39, 0.29) is 5.91 Å². The van der Waals surface area contributed by atoms with E-state index < -0.39 is 0 Å². The van der Waals surface area contributed by atoms with Crippen molar-refractivity contribution in [1.29, 1.82) is 0 Å². The first kappa shape index (κ1) is 16.0. The molecular formula is C17H16BrN3OS. The number of amides is 1. The highest BCUT2D eigenvalue weighted by Crippen LogP contribution is 2.19. The van der Waals surface area contributed by atoms with E-state index in [0.29, 0.717) is 19.5 Å². The number of thiophene rings is 1. The lowest BCUT2D eigenvalue weighted by atomic mass is 10.3. The number of nitrogens with one attached hydrogen (secondary N) is 1. The van der Waals surface area contributed by atoms with Crippen molar-refractivity contribution in [2.24, 2.45) is 0 Å². The van der Waals surface area contributed by atoms with Crippen LogP contribution in [-0.4, -0.2) is 22.0 Å². The van der Waals surface area contributed by atoms with E-state index in [4.69, 9.17) is 0 Å². The van der Waals surface area contributed by atoms with E-state index in [1.165, 1.54) is 11.3 Å². The number of rotatable bonds is 6. The third-order valence-corrected chi connectivity index (χ3v) is 4.56. The summed E-state index contributed by atoms with van der Waals surface area (Å²) in [5.74, 6) is 0.908. The van der Waals surface area contributed by atoms with Crippen molar-refractivity contribution < 1.29 is 4.79 Å². The van der Waals surface area contributed by atoms with Crippen LogP contribution in [0.25, 0.3) is 11.0 Å². The van der Waals surface area contributed by atoms with Gasteiger partial charge >= 0.3 is 0 Å². The minimum absolute atomic E-state index is 0.0347. The van der Waals surface area contributed by atoms with Crippen LogP contribution in [0.4, 0.5) is 0 Å². The molecule has 0 saturated heterocycles. The van der Waals surface area contributed by atoms with Crippen molar-refractivity contribution in [3.8, 4) is 0 Å². The van der Waals surface area contributed by atoms with Gasteiger partial charge in [-0.3, -0.25) is 4.79 Å². The fraction of sp³-hybridized carbons (Fsp3) is 0.176. The largest absolute Gasteiger partial charge is 0.351 e. The number of fused-ring (bicyclic) bond motifs is 1. The van der Waals surface area contributed by atoms with Crippen LogP contribution in [0.3, 0.4) is 0 Å². The standard InChI is InChI=1S/C17H16BrN3OS/c1-12(18)11-21-14-6-3-2-5-13(14)20-16(21)8-9-19-17(22)15-7-4-10-23-15/h2-7,10H,1,8-9,11H2,(H,19,22). The van der Waals surface area contributed by atoms with Gasteiger partial charge < -0.3 is 9.88 Å². The predicted octanol–water partition coefficient (Wildman–Crippen LogP) is 3.98. The maximum atomic E-state index is 12.0. The number of carbonyl (C=O) groups excluding carboxylic acids is 1. The fourth-order valence-corrected chi connectivity index (χ4v) is 3.34. The smallest absolute Gasteiger partial charge is 0.261 e. The molecule has 2 aromatic heterocycles. The van der Waals surface area contributed by atoms with E-state index in [2.05, 4.69) is 37.4 Å². The first-order chi connectivity index (χ1) is 11.1. The summed E-state index contributed by atoms with van der Waals surface area (Å²) in [4.78, 5) is 17.4. The first-order valence-electron chi connectivity index (χ1n) is 7.24. The molecule has 0 unspecified atom stereocenters. The van der Waals surface area contributed by atoms with Gasteiger partial charge in [0.2, 0.25) is 0 Å². The highest BCUT2D eigenvalue weighted by atomic mass is 79.9. The van der Waals surface area contributed by atoms with Crippen molar-refractivity contribution >= 4 is 44.2 Å². The second kappa shape index (κ2) is 7.10. The van der Waals surface area contributed by atoms with Gasteiger partial charge in [0.05, 0.1) is 22.5 Å². The molecule has 0 atom stereocenters. The monoisotopic (exact) mass is 389 g/mol. The van der Waals surface area contributed by atoms with Crippen molar-refractivity contribution in [2.75, 3.05) is 6.54 Å². The molecule has 0 bridgehead atoms. The number of allylic oxidation sites excluding steroid dienone is 1. The molecule has 2 heterocycles. The Labute approximate surface area is 147 Å². The van der Waals surface area contributed by atoms with Crippen molar-refractivity contribution in [1.82, 2.24) is 14.9 Å². The number of para-hydroxylation sites is 2. The number of hydrogen-bond donors (Lipinski definition) is 1. The second-order valence-corrected chi connectivity index (χ2v) is 7.17. The number of carbonyl (C=O) groups is 1. The predicted molar refractivity (Wildman–Crippen MR) is 98.2 cm³/mol. The van der Waals surface area contributed by atoms with Crippen molar-refractivity contribution in [3.05, 3.63) is 63.5 Å². The first-order valence-corrected chi connectivity index (χ1v) is 8.91. The van der Waals surface area contributed by atoms with Crippen LogP contribution >= 0.6 is 27.3 Å². The van der Waals surface area contributed by atoms with Crippen LogP contribution in [0.2, 0.25) is 0 Å². The maximum absolute atomic E-state index is 12.0. The van der Waals surface area contributed by atoms with Gasteiger partial charge in [0.15, 0.2) is 0 Å². The Balaban J connectivity index is 1.74. The van der Waals surface area contributed by atoms with E-state index >= 15 is 0 Å². The Morgan fingerprint density at radius 2 is 2.13 bits per heavy atom. The zero-order chi connectivity index (χ0) is 16.2.